The molecule has 0 bridgehead atoms. The summed E-state index contributed by atoms with van der Waals surface area (Å²) in [5.74, 6) is 0. The molecule has 0 unspecified atom stereocenters. The van der Waals surface area contributed by atoms with Gasteiger partial charge in [0.15, 0.2) is 0 Å². The van der Waals surface area contributed by atoms with E-state index >= 15 is 0 Å². The van der Waals surface area contributed by atoms with Gasteiger partial charge in [-0.1, -0.05) is 0 Å². The molecule has 5 heteroatoms. The van der Waals surface area contributed by atoms with Crippen LogP contribution in [0.2, 0.25) is 0 Å². The predicted octanol–water partition coefficient (Wildman–Crippen LogP) is -0.696. The Labute approximate surface area is 93.7 Å². The van der Waals surface area contributed by atoms with Crippen LogP contribution in [0.3, 0.4) is 0 Å². The quantitative estimate of drug-likeness (QED) is 0.499. The average Bonchev–Trinajstić information content (AvgIpc) is 0. The molecular weight excluding hydrogens is 359 g/mol. The van der Waals surface area contributed by atoms with Gasteiger partial charge in [0.2, 0.25) is 0 Å². The number of hydrogen-bond acceptors (Lipinski definition) is 0. The van der Waals surface area contributed by atoms with E-state index in [1.807, 2.05) is 0 Å². The molecule has 0 amide bonds. The van der Waals surface area contributed by atoms with E-state index in [1.54, 1.807) is 0 Å². The fourth-order valence-corrected chi connectivity index (χ4v) is 0. The molecule has 0 fully saturated rings. The van der Waals surface area contributed by atoms with Crippen molar-refractivity contribution in [2.45, 2.75) is 0 Å². The molecule has 0 aromatic carbocycles. The standard InChI is InChI=1S/Cd.Cu.2H2S.Sn.2H/h;;2*1H2;;;. The van der Waals surface area contributed by atoms with Crippen LogP contribution in [0.25, 0.3) is 0 Å². The van der Waals surface area contributed by atoms with E-state index < -0.39 is 0 Å². The van der Waals surface area contributed by atoms with Crippen LogP contribution in [0.4, 0.5) is 0 Å². The predicted molar refractivity (Wildman–Crippen MR) is 29.3 cm³/mol. The minimum atomic E-state index is 0. The summed E-state index contributed by atoms with van der Waals surface area (Å²) in [5, 5.41) is 0. The van der Waals surface area contributed by atoms with E-state index in [1.165, 1.54) is 0 Å². The molecule has 0 spiro atoms. The Bertz CT molecular complexity index is 9.61. The molecule has 0 atom stereocenters. The van der Waals surface area contributed by atoms with E-state index in [9.17, 15) is 0 Å². The molecule has 0 aromatic rings. The van der Waals surface area contributed by atoms with Crippen molar-refractivity contribution in [2.24, 2.45) is 0 Å². The van der Waals surface area contributed by atoms with Gasteiger partial charge in [0.1, 0.15) is 0 Å². The molecule has 0 rings (SSSR count). The first-order valence-corrected chi connectivity index (χ1v) is 0. The van der Waals surface area contributed by atoms with Crippen LogP contribution in [0.15, 0.2) is 0 Å². The van der Waals surface area contributed by atoms with Crippen LogP contribution < -0.4 is 0 Å². The summed E-state index contributed by atoms with van der Waals surface area (Å²) in [6.07, 6.45) is 0. The maximum absolute atomic E-state index is 0. The SMILES string of the molecule is S.S.[Cd].[Cu].[SnH2]. The Kier molecular flexibility index (Phi) is 251. The molecule has 0 aliphatic rings. The van der Waals surface area contributed by atoms with Crippen LogP contribution in [0, 0.1) is 0 Å². The van der Waals surface area contributed by atoms with Crippen molar-refractivity contribution < 1.29 is 44.4 Å². The van der Waals surface area contributed by atoms with E-state index in [2.05, 4.69) is 0 Å². The molecule has 3 radical (unpaired) electrons. The van der Waals surface area contributed by atoms with Gasteiger partial charge in [0.05, 0.1) is 0 Å². The zero-order valence-corrected chi connectivity index (χ0v) is 13.7. The van der Waals surface area contributed by atoms with Crippen molar-refractivity contribution >= 4 is 50.9 Å². The molecule has 5 heavy (non-hydrogen) atoms. The Balaban J connectivity index is 0. The van der Waals surface area contributed by atoms with Crippen LogP contribution >= 0.6 is 27.0 Å². The second-order valence-corrected chi connectivity index (χ2v) is 0. The minimum absolute atomic E-state index is 0. The van der Waals surface area contributed by atoms with Gasteiger partial charge >= 0.3 is 23.9 Å². The van der Waals surface area contributed by atoms with Gasteiger partial charge in [-0.25, -0.2) is 0 Å². The summed E-state index contributed by atoms with van der Waals surface area (Å²) in [7, 11) is 0. The summed E-state index contributed by atoms with van der Waals surface area (Å²) >= 11 is 0. The van der Waals surface area contributed by atoms with Gasteiger partial charge in [-0.05, 0) is 0 Å². The number of rotatable bonds is 0. The summed E-state index contributed by atoms with van der Waals surface area (Å²) in [6, 6.07) is 0. The summed E-state index contributed by atoms with van der Waals surface area (Å²) in [4.78, 5) is 0. The van der Waals surface area contributed by atoms with Crippen LogP contribution in [-0.4, -0.2) is 23.9 Å². The van der Waals surface area contributed by atoms with Crippen LogP contribution in [0.1, 0.15) is 0 Å². The molecule has 0 heterocycles. The van der Waals surface area contributed by atoms with Gasteiger partial charge < -0.3 is 0 Å². The van der Waals surface area contributed by atoms with Gasteiger partial charge in [0.25, 0.3) is 0 Å². The molecule has 0 aliphatic carbocycles. The van der Waals surface area contributed by atoms with Gasteiger partial charge in [-0.3, -0.25) is 0 Å². The van der Waals surface area contributed by atoms with Crippen LogP contribution in [0.5, 0.6) is 0 Å². The fraction of sp³-hybridized carbons (Fsp3) is 0. The van der Waals surface area contributed by atoms with E-state index in [0.717, 1.165) is 0 Å². The zero-order chi connectivity index (χ0) is 0. The Morgan fingerprint density at radius 3 is 0.800 bits per heavy atom. The number of hydrogen-bond donors (Lipinski definition) is 0. The molecule has 0 aromatic heterocycles. The Hall–Kier alpha value is 2.94. The van der Waals surface area contributed by atoms with Gasteiger partial charge in [-0.2, -0.15) is 27.0 Å². The van der Waals surface area contributed by atoms with Crippen molar-refractivity contribution in [3.8, 4) is 0 Å². The van der Waals surface area contributed by atoms with Crippen molar-refractivity contribution in [3.05, 3.63) is 0 Å². The molecule has 0 saturated heterocycles. The topological polar surface area (TPSA) is 0 Å². The summed E-state index contributed by atoms with van der Waals surface area (Å²) in [5.41, 5.74) is 0. The second-order valence-electron chi connectivity index (χ2n) is 0. The first kappa shape index (κ1) is 44.2. The van der Waals surface area contributed by atoms with E-state index in [4.69, 9.17) is 0 Å². The third kappa shape index (κ3) is 19.6. The summed E-state index contributed by atoms with van der Waals surface area (Å²) in [6.45, 7) is 0. The normalized spacial score (nSPS) is 0. The second kappa shape index (κ2) is 28.3. The van der Waals surface area contributed by atoms with E-state index in [0.29, 0.717) is 0 Å². The van der Waals surface area contributed by atoms with Gasteiger partial charge in [-0.15, -0.1) is 0 Å². The molecule has 0 N–H and O–H groups in total. The third-order valence-corrected chi connectivity index (χ3v) is 0. The van der Waals surface area contributed by atoms with E-state index in [-0.39, 0.29) is 95.3 Å². The molecule has 0 aliphatic heterocycles. The van der Waals surface area contributed by atoms with Crippen molar-refractivity contribution in [1.82, 2.24) is 0 Å². The molecule has 0 nitrogen and oxygen atoms in total. The molecular formula is H6CdCuS2Sn. The summed E-state index contributed by atoms with van der Waals surface area (Å²) < 4.78 is 0. The fourth-order valence-electron chi connectivity index (χ4n) is 0. The Morgan fingerprint density at radius 1 is 0.800 bits per heavy atom. The first-order chi connectivity index (χ1) is 0. The van der Waals surface area contributed by atoms with Crippen molar-refractivity contribution in [3.63, 3.8) is 0 Å². The van der Waals surface area contributed by atoms with Crippen molar-refractivity contribution in [1.29, 1.82) is 0 Å². The first-order valence-electron chi connectivity index (χ1n) is 0. The Morgan fingerprint density at radius 2 is 0.800 bits per heavy atom. The van der Waals surface area contributed by atoms with Crippen LogP contribution in [-0.2, 0) is 44.4 Å². The van der Waals surface area contributed by atoms with Crippen molar-refractivity contribution in [2.75, 3.05) is 0 Å². The third-order valence-electron chi connectivity index (χ3n) is 0. The average molecular weight is 365 g/mol. The zero-order valence-electron chi connectivity index (χ0n) is 2.72. The molecule has 35 valence electrons. The maximum atomic E-state index is 0. The monoisotopic (exact) mass is 367 g/mol. The molecule has 0 saturated carbocycles. The van der Waals surface area contributed by atoms with Gasteiger partial charge in [0, 0.05) is 44.4 Å².